The highest BCUT2D eigenvalue weighted by atomic mass is 32.1. The van der Waals surface area contributed by atoms with Crippen LogP contribution in [0.4, 0.5) is 0 Å². The second-order valence-electron chi connectivity index (χ2n) is 15.2. The number of likely N-dealkylation sites (tertiary alicyclic amines) is 1. The molecule has 3 aliphatic rings. The Morgan fingerprint density at radius 1 is 0.938 bits per heavy atom. The molecule has 0 amide bonds. The van der Waals surface area contributed by atoms with Crippen LogP contribution >= 0.6 is 11.3 Å². The van der Waals surface area contributed by atoms with Gasteiger partial charge in [0.2, 0.25) is 0 Å². The number of aromatic nitrogens is 3. The monoisotopic (exact) mass is 660 g/mol. The van der Waals surface area contributed by atoms with Crippen molar-refractivity contribution < 1.29 is 4.79 Å². The summed E-state index contributed by atoms with van der Waals surface area (Å²) in [6.45, 7) is 13.0. The van der Waals surface area contributed by atoms with Crippen molar-refractivity contribution in [2.24, 2.45) is 5.92 Å². The first-order valence-corrected chi connectivity index (χ1v) is 19.7. The van der Waals surface area contributed by atoms with E-state index in [9.17, 15) is 4.79 Å². The van der Waals surface area contributed by atoms with Crippen molar-refractivity contribution in [2.75, 3.05) is 19.6 Å². The molecular weight excluding hydrogens is 609 g/mol. The van der Waals surface area contributed by atoms with Gasteiger partial charge in [-0.25, -0.2) is 4.98 Å². The molecule has 1 saturated carbocycles. The fourth-order valence-electron chi connectivity index (χ4n) is 9.74. The number of aryl methyl sites for hydroxylation is 3. The van der Waals surface area contributed by atoms with E-state index in [1.807, 2.05) is 0 Å². The number of fused-ring (bicyclic) bond motifs is 7. The Bertz CT molecular complexity index is 1970. The number of piperidine rings is 1. The third-order valence-corrected chi connectivity index (χ3v) is 13.2. The highest BCUT2D eigenvalue weighted by Crippen LogP contribution is 2.50. The third kappa shape index (κ3) is 5.77. The number of ketones is 1. The predicted octanol–water partition coefficient (Wildman–Crippen LogP) is 11.2. The Morgan fingerprint density at radius 2 is 1.79 bits per heavy atom. The molecule has 3 aromatic heterocycles. The lowest BCUT2D eigenvalue weighted by atomic mass is 9.79. The number of Topliss-reactive ketones (excluding diaryl/α,β-unsaturated/α-hetero) is 1. The molecule has 2 aromatic carbocycles. The van der Waals surface area contributed by atoms with Crippen LogP contribution in [0.5, 0.6) is 0 Å². The Morgan fingerprint density at radius 3 is 2.56 bits per heavy atom. The Balaban J connectivity index is 1.28. The summed E-state index contributed by atoms with van der Waals surface area (Å²) in [6, 6.07) is 13.8. The lowest BCUT2D eigenvalue weighted by molar-refractivity contribution is 0.101. The molecule has 0 spiro atoms. The van der Waals surface area contributed by atoms with E-state index in [1.165, 1.54) is 127 Å². The van der Waals surface area contributed by atoms with E-state index in [0.29, 0.717) is 11.8 Å². The van der Waals surface area contributed by atoms with Crippen LogP contribution in [-0.2, 0) is 6.54 Å². The molecule has 8 rings (SSSR count). The van der Waals surface area contributed by atoms with Crippen LogP contribution in [0, 0.1) is 19.8 Å². The van der Waals surface area contributed by atoms with Gasteiger partial charge in [0.1, 0.15) is 0 Å². The lowest BCUT2D eigenvalue weighted by Gasteiger charge is -2.32. The van der Waals surface area contributed by atoms with Crippen LogP contribution < -0.4 is 0 Å². The van der Waals surface area contributed by atoms with Crippen LogP contribution in [0.25, 0.3) is 43.6 Å². The summed E-state index contributed by atoms with van der Waals surface area (Å²) in [5, 5.41) is 3.88. The van der Waals surface area contributed by atoms with Gasteiger partial charge in [0, 0.05) is 46.0 Å². The zero-order chi connectivity index (χ0) is 32.9. The molecule has 1 aliphatic carbocycles. The van der Waals surface area contributed by atoms with Crippen molar-refractivity contribution in [2.45, 2.75) is 117 Å². The minimum absolute atomic E-state index is 0.151. The molecule has 1 saturated heterocycles. The van der Waals surface area contributed by atoms with E-state index in [4.69, 9.17) is 4.98 Å². The molecule has 2 atom stereocenters. The molecule has 6 heteroatoms. The minimum Gasteiger partial charge on any atom is -0.354 e. The van der Waals surface area contributed by atoms with Crippen molar-refractivity contribution >= 4 is 38.9 Å². The van der Waals surface area contributed by atoms with Crippen LogP contribution in [0.15, 0.2) is 36.4 Å². The highest BCUT2D eigenvalue weighted by Gasteiger charge is 2.33. The normalized spacial score (nSPS) is 20.7. The molecule has 0 radical (unpaired) electrons. The molecule has 5 aromatic rings. The number of rotatable bonds is 8. The highest BCUT2D eigenvalue weighted by molar-refractivity contribution is 7.15. The second-order valence-corrected chi connectivity index (χ2v) is 16.4. The quantitative estimate of drug-likeness (QED) is 0.169. The first kappa shape index (κ1) is 32.0. The molecule has 2 unspecified atom stereocenters. The van der Waals surface area contributed by atoms with E-state index >= 15 is 0 Å². The predicted molar refractivity (Wildman–Crippen MR) is 202 cm³/mol. The average molecular weight is 661 g/mol. The molecule has 2 fully saturated rings. The van der Waals surface area contributed by atoms with E-state index in [-0.39, 0.29) is 5.78 Å². The van der Waals surface area contributed by atoms with Gasteiger partial charge in [0.15, 0.2) is 5.78 Å². The molecule has 2 aliphatic heterocycles. The van der Waals surface area contributed by atoms with Gasteiger partial charge in [0.25, 0.3) is 0 Å². The van der Waals surface area contributed by atoms with Gasteiger partial charge in [-0.3, -0.25) is 4.79 Å². The number of nitrogens with zero attached hydrogens (tertiary/aromatic N) is 3. The number of hydrogen-bond donors (Lipinski definition) is 1. The van der Waals surface area contributed by atoms with Crippen molar-refractivity contribution in [3.8, 4) is 21.8 Å². The SMILES string of the molecule is CCN1CCCC(CCCC2CCn3c(c(C4CCCCC4)c4ccc(C(C)=O)cc43)-c3ccc4[nH]c(-c5sc(C)nc5C)cc4c32)C1. The molecule has 5 heterocycles. The number of hydrogen-bond acceptors (Lipinski definition) is 4. The number of thiazole rings is 1. The summed E-state index contributed by atoms with van der Waals surface area (Å²) in [6.07, 6.45) is 14.2. The smallest absolute Gasteiger partial charge is 0.159 e. The maximum atomic E-state index is 12.6. The number of nitrogens with one attached hydrogen (secondary N) is 1. The summed E-state index contributed by atoms with van der Waals surface area (Å²) < 4.78 is 2.64. The fourth-order valence-corrected chi connectivity index (χ4v) is 10.6. The van der Waals surface area contributed by atoms with E-state index in [1.54, 1.807) is 29.4 Å². The Hall–Kier alpha value is -3.22. The summed E-state index contributed by atoms with van der Waals surface area (Å²) in [7, 11) is 0. The number of carbonyl (C=O) groups is 1. The van der Waals surface area contributed by atoms with Crippen LogP contribution in [-0.4, -0.2) is 44.9 Å². The second kappa shape index (κ2) is 13.2. The topological polar surface area (TPSA) is 53.9 Å². The van der Waals surface area contributed by atoms with Gasteiger partial charge in [-0.05, 0) is 126 Å². The summed E-state index contributed by atoms with van der Waals surface area (Å²) in [5.41, 5.74) is 11.6. The first-order valence-electron chi connectivity index (χ1n) is 18.9. The molecule has 252 valence electrons. The van der Waals surface area contributed by atoms with E-state index < -0.39 is 0 Å². The molecule has 1 N–H and O–H groups in total. The first-order chi connectivity index (χ1) is 23.4. The zero-order valence-electron chi connectivity index (χ0n) is 29.5. The van der Waals surface area contributed by atoms with Crippen molar-refractivity contribution in [3.05, 3.63) is 63.8 Å². The molecule has 5 nitrogen and oxygen atoms in total. The zero-order valence-corrected chi connectivity index (χ0v) is 30.3. The summed E-state index contributed by atoms with van der Waals surface area (Å²) in [4.78, 5) is 25.2. The van der Waals surface area contributed by atoms with Gasteiger partial charge >= 0.3 is 0 Å². The standard InChI is InChI=1S/C42H52N4OS/c1-5-45-21-10-12-29(25-45)11-9-15-31-20-22-46-38-23-32(27(3)47)16-17-33(38)40(30-13-7-6-8-14-30)41(46)34-18-19-36-35(39(31)34)24-37(44-36)42-26(2)43-28(4)48-42/h16-19,23-24,29-31,44H,5-15,20-22,25H2,1-4H3. The van der Waals surface area contributed by atoms with Crippen molar-refractivity contribution in [1.29, 1.82) is 0 Å². The van der Waals surface area contributed by atoms with Gasteiger partial charge in [-0.1, -0.05) is 50.8 Å². The van der Waals surface area contributed by atoms with Gasteiger partial charge in [-0.2, -0.15) is 0 Å². The van der Waals surface area contributed by atoms with Crippen LogP contribution in [0.2, 0.25) is 0 Å². The van der Waals surface area contributed by atoms with Crippen molar-refractivity contribution in [1.82, 2.24) is 19.4 Å². The summed E-state index contributed by atoms with van der Waals surface area (Å²) in [5.74, 6) is 2.04. The van der Waals surface area contributed by atoms with Gasteiger partial charge in [-0.15, -0.1) is 11.3 Å². The lowest BCUT2D eigenvalue weighted by Crippen LogP contribution is -2.35. The minimum atomic E-state index is 0.151. The number of H-pyrrole nitrogens is 1. The van der Waals surface area contributed by atoms with Gasteiger partial charge < -0.3 is 14.5 Å². The maximum absolute atomic E-state index is 12.6. The van der Waals surface area contributed by atoms with E-state index in [0.717, 1.165) is 35.1 Å². The van der Waals surface area contributed by atoms with Crippen molar-refractivity contribution in [3.63, 3.8) is 0 Å². The van der Waals surface area contributed by atoms with E-state index in [2.05, 4.69) is 71.6 Å². The molecule has 48 heavy (non-hydrogen) atoms. The number of benzene rings is 2. The molecule has 0 bridgehead atoms. The van der Waals surface area contributed by atoms with Crippen LogP contribution in [0.3, 0.4) is 0 Å². The largest absolute Gasteiger partial charge is 0.354 e. The molecular formula is C42H52N4OS. The number of carbonyl (C=O) groups excluding carboxylic acids is 1. The van der Waals surface area contributed by atoms with Crippen LogP contribution in [0.1, 0.15) is 128 Å². The average Bonchev–Trinajstić information content (AvgIpc) is 3.75. The maximum Gasteiger partial charge on any atom is 0.159 e. The Labute approximate surface area is 290 Å². The fraction of sp³-hybridized carbons (Fsp3) is 0.524. The Kier molecular flexibility index (Phi) is 8.83. The number of aromatic amines is 1. The third-order valence-electron chi connectivity index (χ3n) is 12.1. The van der Waals surface area contributed by atoms with Gasteiger partial charge in [0.05, 0.1) is 27.0 Å². The summed E-state index contributed by atoms with van der Waals surface area (Å²) >= 11 is 1.80.